The molecule has 0 saturated carbocycles. The molecule has 1 fully saturated rings. The summed E-state index contributed by atoms with van der Waals surface area (Å²) in [6.07, 6.45) is 1.77. The molecule has 1 saturated heterocycles. The number of benzene rings is 1. The van der Waals surface area contributed by atoms with E-state index in [4.69, 9.17) is 9.15 Å². The lowest BCUT2D eigenvalue weighted by molar-refractivity contribution is -0.129. The van der Waals surface area contributed by atoms with Crippen molar-refractivity contribution in [1.82, 2.24) is 15.2 Å². The second-order valence-electron chi connectivity index (χ2n) is 5.96. The van der Waals surface area contributed by atoms with Gasteiger partial charge in [0.2, 0.25) is 17.7 Å². The molecule has 3 rings (SSSR count). The number of likely N-dealkylation sites (tertiary alicyclic amines) is 1. The van der Waals surface area contributed by atoms with Crippen molar-refractivity contribution < 1.29 is 18.7 Å². The number of carbonyl (C=O) groups excluding carboxylic acids is 2. The van der Waals surface area contributed by atoms with E-state index in [-0.39, 0.29) is 30.7 Å². The van der Waals surface area contributed by atoms with E-state index in [0.29, 0.717) is 31.3 Å². The van der Waals surface area contributed by atoms with Crippen molar-refractivity contribution in [2.75, 3.05) is 26.8 Å². The maximum Gasteiger partial charge on any atom is 0.226 e. The van der Waals surface area contributed by atoms with Gasteiger partial charge in [0.05, 0.1) is 24.8 Å². The van der Waals surface area contributed by atoms with Crippen molar-refractivity contribution in [3.05, 3.63) is 42.3 Å². The summed E-state index contributed by atoms with van der Waals surface area (Å²) in [5.41, 5.74) is 1.53. The number of carbonyl (C=O) groups is 2. The molecule has 25 heavy (non-hydrogen) atoms. The number of aromatic nitrogens is 1. The van der Waals surface area contributed by atoms with Gasteiger partial charge in [-0.3, -0.25) is 9.59 Å². The van der Waals surface area contributed by atoms with Crippen LogP contribution in [0, 0.1) is 5.92 Å². The Bertz CT molecular complexity index is 729. The van der Waals surface area contributed by atoms with Gasteiger partial charge in [-0.2, -0.15) is 0 Å². The standard InChI is InChI=1S/C18H21N3O4/c1-24-8-7-21-11-14(9-16(21)22)17(23)19-10-15-12-25-18(20-15)13-5-3-2-4-6-13/h2-6,12,14H,7-11H2,1H3,(H,19,23). The Balaban J connectivity index is 1.51. The summed E-state index contributed by atoms with van der Waals surface area (Å²) in [7, 11) is 1.59. The summed E-state index contributed by atoms with van der Waals surface area (Å²) >= 11 is 0. The number of methoxy groups -OCH3 is 1. The summed E-state index contributed by atoms with van der Waals surface area (Å²) in [4.78, 5) is 30.2. The number of nitrogens with one attached hydrogen (secondary N) is 1. The van der Waals surface area contributed by atoms with Gasteiger partial charge in [0.25, 0.3) is 0 Å². The molecular weight excluding hydrogens is 322 g/mol. The highest BCUT2D eigenvalue weighted by Gasteiger charge is 2.33. The first-order valence-corrected chi connectivity index (χ1v) is 8.21. The third kappa shape index (κ3) is 4.24. The van der Waals surface area contributed by atoms with Crippen molar-refractivity contribution in [2.24, 2.45) is 5.92 Å². The van der Waals surface area contributed by atoms with E-state index in [1.165, 1.54) is 6.26 Å². The van der Waals surface area contributed by atoms with Crippen LogP contribution in [0.4, 0.5) is 0 Å². The summed E-state index contributed by atoms with van der Waals surface area (Å²) in [5.74, 6) is 0.0408. The van der Waals surface area contributed by atoms with Gasteiger partial charge < -0.3 is 19.4 Å². The lowest BCUT2D eigenvalue weighted by Gasteiger charge is -2.15. The molecule has 2 heterocycles. The summed E-state index contributed by atoms with van der Waals surface area (Å²) in [6.45, 7) is 1.70. The molecule has 0 bridgehead atoms. The number of amides is 2. The number of rotatable bonds is 7. The fraction of sp³-hybridized carbons (Fsp3) is 0.389. The molecule has 0 radical (unpaired) electrons. The zero-order chi connectivity index (χ0) is 17.6. The molecule has 1 aliphatic rings. The van der Waals surface area contributed by atoms with Crippen LogP contribution in [0.1, 0.15) is 12.1 Å². The van der Waals surface area contributed by atoms with Gasteiger partial charge in [0.15, 0.2) is 0 Å². The fourth-order valence-electron chi connectivity index (χ4n) is 2.79. The quantitative estimate of drug-likeness (QED) is 0.822. The molecule has 1 unspecified atom stereocenters. The molecule has 7 nitrogen and oxygen atoms in total. The molecule has 1 N–H and O–H groups in total. The zero-order valence-electron chi connectivity index (χ0n) is 14.1. The summed E-state index contributed by atoms with van der Waals surface area (Å²) in [6, 6.07) is 9.56. The van der Waals surface area contributed by atoms with Gasteiger partial charge in [-0.25, -0.2) is 4.98 Å². The first kappa shape index (κ1) is 17.2. The highest BCUT2D eigenvalue weighted by atomic mass is 16.5. The predicted octanol–water partition coefficient (Wildman–Crippen LogP) is 1.45. The van der Waals surface area contributed by atoms with E-state index in [1.807, 2.05) is 30.3 Å². The van der Waals surface area contributed by atoms with E-state index in [1.54, 1.807) is 12.0 Å². The Hall–Kier alpha value is -2.67. The fourth-order valence-corrected chi connectivity index (χ4v) is 2.79. The van der Waals surface area contributed by atoms with Crippen LogP contribution < -0.4 is 5.32 Å². The molecule has 1 aliphatic heterocycles. The molecule has 132 valence electrons. The van der Waals surface area contributed by atoms with Gasteiger partial charge in [-0.15, -0.1) is 0 Å². The van der Waals surface area contributed by atoms with Crippen LogP contribution in [0.5, 0.6) is 0 Å². The van der Waals surface area contributed by atoms with Crippen LogP contribution in [-0.2, 0) is 20.9 Å². The van der Waals surface area contributed by atoms with E-state index in [9.17, 15) is 9.59 Å². The van der Waals surface area contributed by atoms with Crippen LogP contribution in [0.2, 0.25) is 0 Å². The normalized spacial score (nSPS) is 17.1. The monoisotopic (exact) mass is 343 g/mol. The van der Waals surface area contributed by atoms with Crippen molar-refractivity contribution in [1.29, 1.82) is 0 Å². The van der Waals surface area contributed by atoms with Crippen molar-refractivity contribution in [2.45, 2.75) is 13.0 Å². The number of ether oxygens (including phenoxy) is 1. The Labute approximate surface area is 146 Å². The molecule has 0 spiro atoms. The maximum atomic E-state index is 12.3. The Morgan fingerprint density at radius 3 is 2.96 bits per heavy atom. The molecule has 2 amide bonds. The lowest BCUT2D eigenvalue weighted by Crippen LogP contribution is -2.33. The van der Waals surface area contributed by atoms with Crippen molar-refractivity contribution in [3.63, 3.8) is 0 Å². The topological polar surface area (TPSA) is 84.7 Å². The van der Waals surface area contributed by atoms with Crippen molar-refractivity contribution >= 4 is 11.8 Å². The average Bonchev–Trinajstić information content (AvgIpc) is 3.25. The minimum absolute atomic E-state index is 0.00926. The van der Waals surface area contributed by atoms with Gasteiger partial charge >= 0.3 is 0 Å². The summed E-state index contributed by atoms with van der Waals surface area (Å²) in [5, 5.41) is 2.83. The van der Waals surface area contributed by atoms with Crippen LogP contribution in [0.25, 0.3) is 11.5 Å². The predicted molar refractivity (Wildman–Crippen MR) is 90.3 cm³/mol. The van der Waals surface area contributed by atoms with Gasteiger partial charge in [0.1, 0.15) is 6.26 Å². The largest absolute Gasteiger partial charge is 0.444 e. The third-order valence-electron chi connectivity index (χ3n) is 4.17. The second kappa shape index (κ2) is 7.94. The summed E-state index contributed by atoms with van der Waals surface area (Å²) < 4.78 is 10.4. The van der Waals surface area contributed by atoms with E-state index >= 15 is 0 Å². The van der Waals surface area contributed by atoms with E-state index in [0.717, 1.165) is 5.56 Å². The maximum absolute atomic E-state index is 12.3. The molecule has 2 aromatic rings. The average molecular weight is 343 g/mol. The Morgan fingerprint density at radius 1 is 1.40 bits per heavy atom. The first-order chi connectivity index (χ1) is 12.2. The smallest absolute Gasteiger partial charge is 0.226 e. The van der Waals surface area contributed by atoms with Crippen LogP contribution in [0.15, 0.2) is 41.0 Å². The second-order valence-corrected chi connectivity index (χ2v) is 5.96. The molecule has 1 aromatic carbocycles. The van der Waals surface area contributed by atoms with Gasteiger partial charge in [-0.05, 0) is 12.1 Å². The van der Waals surface area contributed by atoms with E-state index in [2.05, 4.69) is 10.3 Å². The number of hydrogen-bond acceptors (Lipinski definition) is 5. The highest BCUT2D eigenvalue weighted by molar-refractivity contribution is 5.89. The number of hydrogen-bond donors (Lipinski definition) is 1. The molecular formula is C18H21N3O4. The SMILES string of the molecule is COCCN1CC(C(=O)NCc2coc(-c3ccccc3)n2)CC1=O. The first-order valence-electron chi connectivity index (χ1n) is 8.21. The lowest BCUT2D eigenvalue weighted by atomic mass is 10.1. The third-order valence-corrected chi connectivity index (χ3v) is 4.17. The van der Waals surface area contributed by atoms with Gasteiger partial charge in [-0.1, -0.05) is 18.2 Å². The minimum Gasteiger partial charge on any atom is -0.444 e. The molecule has 1 aromatic heterocycles. The van der Waals surface area contributed by atoms with Crippen LogP contribution in [0.3, 0.4) is 0 Å². The van der Waals surface area contributed by atoms with Gasteiger partial charge in [0, 0.05) is 32.2 Å². The molecule has 0 aliphatic carbocycles. The molecule has 1 atom stereocenters. The van der Waals surface area contributed by atoms with E-state index < -0.39 is 0 Å². The van der Waals surface area contributed by atoms with Crippen LogP contribution >= 0.6 is 0 Å². The zero-order valence-corrected chi connectivity index (χ0v) is 14.1. The van der Waals surface area contributed by atoms with Crippen molar-refractivity contribution in [3.8, 4) is 11.5 Å². The van der Waals surface area contributed by atoms with Crippen LogP contribution in [-0.4, -0.2) is 48.5 Å². The number of nitrogens with zero attached hydrogens (tertiary/aromatic N) is 2. The highest BCUT2D eigenvalue weighted by Crippen LogP contribution is 2.19. The Kier molecular flexibility index (Phi) is 5.45. The number of oxazole rings is 1. The minimum atomic E-state index is -0.329. The Morgan fingerprint density at radius 2 is 2.20 bits per heavy atom. The molecule has 7 heteroatoms.